The summed E-state index contributed by atoms with van der Waals surface area (Å²) in [6.45, 7) is 1.07. The van der Waals surface area contributed by atoms with Crippen LogP contribution >= 0.6 is 0 Å². The lowest BCUT2D eigenvalue weighted by Gasteiger charge is -2.31. The predicted octanol–water partition coefficient (Wildman–Crippen LogP) is 4.09. The number of para-hydroxylation sites is 1. The number of aromatic nitrogens is 1. The standard InChI is InChI=1S/C24H25N3O4/c1-26-20-15-18(9-8-17(20)14-21(26)23(29)31-2)22(28)16-10-12-27(13-11-16)24(30)25-19-6-4-3-5-7-19/h3-9,14-16H,10-13H2,1-2H3,(H,25,30). The molecular weight excluding hydrogens is 394 g/mol. The lowest BCUT2D eigenvalue weighted by Crippen LogP contribution is -2.42. The molecule has 31 heavy (non-hydrogen) atoms. The normalized spacial score (nSPS) is 14.5. The van der Waals surface area contributed by atoms with Gasteiger partial charge in [0.05, 0.1) is 7.11 Å². The number of nitrogens with one attached hydrogen (secondary N) is 1. The smallest absolute Gasteiger partial charge is 0.354 e. The lowest BCUT2D eigenvalue weighted by molar-refractivity contribution is 0.0590. The Balaban J connectivity index is 1.42. The van der Waals surface area contributed by atoms with Crippen LogP contribution in [0.1, 0.15) is 33.7 Å². The molecule has 0 unspecified atom stereocenters. The maximum absolute atomic E-state index is 13.1. The number of urea groups is 1. The zero-order valence-electron chi connectivity index (χ0n) is 17.6. The van der Waals surface area contributed by atoms with E-state index in [2.05, 4.69) is 5.32 Å². The average Bonchev–Trinajstić information content (AvgIpc) is 3.14. The molecule has 7 heteroatoms. The first-order valence-electron chi connectivity index (χ1n) is 10.3. The van der Waals surface area contributed by atoms with Gasteiger partial charge in [0, 0.05) is 48.2 Å². The fourth-order valence-electron chi connectivity index (χ4n) is 4.09. The van der Waals surface area contributed by atoms with Gasteiger partial charge in [-0.05, 0) is 37.1 Å². The summed E-state index contributed by atoms with van der Waals surface area (Å²) in [6.07, 6.45) is 1.25. The molecule has 2 heterocycles. The number of anilines is 1. The van der Waals surface area contributed by atoms with Gasteiger partial charge >= 0.3 is 12.0 Å². The van der Waals surface area contributed by atoms with E-state index in [1.165, 1.54) is 7.11 Å². The van der Waals surface area contributed by atoms with Crippen LogP contribution in [0.3, 0.4) is 0 Å². The molecule has 0 spiro atoms. The number of rotatable bonds is 4. The van der Waals surface area contributed by atoms with E-state index >= 15 is 0 Å². The van der Waals surface area contributed by atoms with Crippen molar-refractivity contribution in [2.24, 2.45) is 13.0 Å². The fourth-order valence-corrected chi connectivity index (χ4v) is 4.09. The number of carbonyl (C=O) groups is 3. The molecule has 7 nitrogen and oxygen atoms in total. The molecule has 1 aliphatic heterocycles. The third-order valence-corrected chi connectivity index (χ3v) is 5.90. The number of carbonyl (C=O) groups excluding carboxylic acids is 3. The Labute approximate surface area is 180 Å². The number of hydrogen-bond acceptors (Lipinski definition) is 4. The number of nitrogens with zero attached hydrogens (tertiary/aromatic N) is 2. The molecule has 0 saturated carbocycles. The van der Waals surface area contributed by atoms with Gasteiger partial charge in [0.25, 0.3) is 0 Å². The highest BCUT2D eigenvalue weighted by Crippen LogP contribution is 2.26. The van der Waals surface area contributed by atoms with Crippen LogP contribution in [0.15, 0.2) is 54.6 Å². The molecule has 160 valence electrons. The Morgan fingerprint density at radius 3 is 2.39 bits per heavy atom. The summed E-state index contributed by atoms with van der Waals surface area (Å²) in [5.41, 5.74) is 2.64. The highest BCUT2D eigenvalue weighted by atomic mass is 16.5. The molecule has 1 N–H and O–H groups in total. The van der Waals surface area contributed by atoms with Crippen molar-refractivity contribution in [3.63, 3.8) is 0 Å². The number of aryl methyl sites for hydroxylation is 1. The Kier molecular flexibility index (Phi) is 5.75. The van der Waals surface area contributed by atoms with Crippen LogP contribution in [0.4, 0.5) is 10.5 Å². The van der Waals surface area contributed by atoms with Crippen LogP contribution < -0.4 is 5.32 Å². The quantitative estimate of drug-likeness (QED) is 0.510. The van der Waals surface area contributed by atoms with E-state index in [1.807, 2.05) is 42.5 Å². The second-order valence-corrected chi connectivity index (χ2v) is 7.78. The van der Waals surface area contributed by atoms with Crippen LogP contribution in [0.2, 0.25) is 0 Å². The number of amides is 2. The van der Waals surface area contributed by atoms with Crippen LogP contribution in [0.5, 0.6) is 0 Å². The van der Waals surface area contributed by atoms with Crippen molar-refractivity contribution in [3.8, 4) is 0 Å². The summed E-state index contributed by atoms with van der Waals surface area (Å²) in [5.74, 6) is -0.461. The summed E-state index contributed by atoms with van der Waals surface area (Å²) in [4.78, 5) is 39.2. The number of likely N-dealkylation sites (tertiary alicyclic amines) is 1. The van der Waals surface area contributed by atoms with Gasteiger partial charge in [0.2, 0.25) is 0 Å². The molecule has 1 saturated heterocycles. The number of methoxy groups -OCH3 is 1. The van der Waals surface area contributed by atoms with Gasteiger partial charge in [-0.15, -0.1) is 0 Å². The molecule has 1 fully saturated rings. The third-order valence-electron chi connectivity index (χ3n) is 5.90. The molecule has 2 amide bonds. The minimum Gasteiger partial charge on any atom is -0.464 e. The fraction of sp³-hybridized carbons (Fsp3) is 0.292. The number of hydrogen-bond donors (Lipinski definition) is 1. The average molecular weight is 419 g/mol. The summed E-state index contributed by atoms with van der Waals surface area (Å²) >= 11 is 0. The molecule has 1 aliphatic rings. The molecule has 1 aromatic heterocycles. The van der Waals surface area contributed by atoms with Gasteiger partial charge in [-0.25, -0.2) is 9.59 Å². The zero-order valence-corrected chi connectivity index (χ0v) is 17.6. The molecule has 0 radical (unpaired) electrons. The van der Waals surface area contributed by atoms with Crippen molar-refractivity contribution in [1.82, 2.24) is 9.47 Å². The number of Topliss-reactive ketones (excluding diaryl/α,β-unsaturated/α-hetero) is 1. The van der Waals surface area contributed by atoms with E-state index in [0.29, 0.717) is 37.2 Å². The Morgan fingerprint density at radius 1 is 1.00 bits per heavy atom. The van der Waals surface area contributed by atoms with Crippen molar-refractivity contribution >= 4 is 34.4 Å². The molecule has 0 bridgehead atoms. The number of ketones is 1. The van der Waals surface area contributed by atoms with Crippen LogP contribution in [0, 0.1) is 5.92 Å². The van der Waals surface area contributed by atoms with Crippen molar-refractivity contribution in [1.29, 1.82) is 0 Å². The van der Waals surface area contributed by atoms with E-state index in [1.54, 1.807) is 28.6 Å². The van der Waals surface area contributed by atoms with Gasteiger partial charge in [0.1, 0.15) is 5.69 Å². The van der Waals surface area contributed by atoms with Gasteiger partial charge in [-0.1, -0.05) is 30.3 Å². The SMILES string of the molecule is COC(=O)c1cc2ccc(C(=O)C3CCN(C(=O)Nc4ccccc4)CC3)cc2n1C. The Hall–Kier alpha value is -3.61. The second kappa shape index (κ2) is 8.63. The molecule has 3 aromatic rings. The van der Waals surface area contributed by atoms with E-state index < -0.39 is 5.97 Å². The predicted molar refractivity (Wildman–Crippen MR) is 118 cm³/mol. The zero-order chi connectivity index (χ0) is 22.0. The minimum absolute atomic E-state index is 0.0748. The topological polar surface area (TPSA) is 80.6 Å². The molecular formula is C24H25N3O4. The van der Waals surface area contributed by atoms with Crippen LogP contribution in [-0.4, -0.2) is 47.4 Å². The minimum atomic E-state index is -0.410. The van der Waals surface area contributed by atoms with Crippen LogP contribution in [-0.2, 0) is 11.8 Å². The number of ether oxygens (including phenoxy) is 1. The Bertz CT molecular complexity index is 1130. The number of esters is 1. The number of benzene rings is 2. The summed E-state index contributed by atoms with van der Waals surface area (Å²) in [7, 11) is 3.13. The highest BCUT2D eigenvalue weighted by Gasteiger charge is 2.28. The summed E-state index contributed by atoms with van der Waals surface area (Å²) in [5, 5.41) is 3.77. The first-order valence-corrected chi connectivity index (χ1v) is 10.3. The van der Waals surface area contributed by atoms with E-state index in [-0.39, 0.29) is 17.7 Å². The molecule has 2 aromatic carbocycles. The Morgan fingerprint density at radius 2 is 1.71 bits per heavy atom. The first kappa shape index (κ1) is 20.7. The number of fused-ring (bicyclic) bond motifs is 1. The largest absolute Gasteiger partial charge is 0.464 e. The first-order chi connectivity index (χ1) is 15.0. The maximum Gasteiger partial charge on any atom is 0.354 e. The van der Waals surface area contributed by atoms with Crippen molar-refractivity contribution < 1.29 is 19.1 Å². The molecule has 0 atom stereocenters. The van der Waals surface area contributed by atoms with Crippen molar-refractivity contribution in [2.75, 3.05) is 25.5 Å². The molecule has 0 aliphatic carbocycles. The van der Waals surface area contributed by atoms with Crippen LogP contribution in [0.25, 0.3) is 10.9 Å². The van der Waals surface area contributed by atoms with Crippen molar-refractivity contribution in [2.45, 2.75) is 12.8 Å². The highest BCUT2D eigenvalue weighted by molar-refractivity contribution is 6.02. The summed E-state index contributed by atoms with van der Waals surface area (Å²) in [6, 6.07) is 16.5. The van der Waals surface area contributed by atoms with Gasteiger partial charge in [-0.3, -0.25) is 4.79 Å². The van der Waals surface area contributed by atoms with Crippen molar-refractivity contribution in [3.05, 3.63) is 65.9 Å². The van der Waals surface area contributed by atoms with Gasteiger partial charge in [-0.2, -0.15) is 0 Å². The van der Waals surface area contributed by atoms with Gasteiger partial charge < -0.3 is 19.5 Å². The van der Waals surface area contributed by atoms with E-state index in [4.69, 9.17) is 4.74 Å². The second-order valence-electron chi connectivity index (χ2n) is 7.78. The lowest BCUT2D eigenvalue weighted by atomic mass is 9.88. The monoisotopic (exact) mass is 419 g/mol. The van der Waals surface area contributed by atoms with Gasteiger partial charge in [0.15, 0.2) is 5.78 Å². The number of piperidine rings is 1. The summed E-state index contributed by atoms with van der Waals surface area (Å²) < 4.78 is 6.57. The maximum atomic E-state index is 13.1. The van der Waals surface area contributed by atoms with E-state index in [9.17, 15) is 14.4 Å². The third kappa shape index (κ3) is 4.17. The van der Waals surface area contributed by atoms with E-state index in [0.717, 1.165) is 16.6 Å². The molecule has 4 rings (SSSR count).